The highest BCUT2D eigenvalue weighted by Gasteiger charge is 2.40. The zero-order valence-corrected chi connectivity index (χ0v) is 10.6. The van der Waals surface area contributed by atoms with Crippen LogP contribution in [0, 0.1) is 0 Å². The first-order chi connectivity index (χ1) is 8.13. The van der Waals surface area contributed by atoms with Crippen molar-refractivity contribution in [1.29, 1.82) is 0 Å². The van der Waals surface area contributed by atoms with Crippen LogP contribution in [0.1, 0.15) is 18.4 Å². The highest BCUT2D eigenvalue weighted by Crippen LogP contribution is 2.44. The van der Waals surface area contributed by atoms with Gasteiger partial charge in [0, 0.05) is 11.1 Å². The van der Waals surface area contributed by atoms with Gasteiger partial charge in [-0.3, -0.25) is 0 Å². The smallest absolute Gasteiger partial charge is 0.167 e. The average Bonchev–Trinajstić information content (AvgIpc) is 3.06. The predicted octanol–water partition coefficient (Wildman–Crippen LogP) is 1.75. The van der Waals surface area contributed by atoms with Crippen molar-refractivity contribution in [1.82, 2.24) is 0 Å². The Hall–Kier alpha value is -1.42. The van der Waals surface area contributed by atoms with E-state index in [1.165, 1.54) is 0 Å². The molecule has 0 radical (unpaired) electrons. The van der Waals surface area contributed by atoms with E-state index in [2.05, 4.69) is 0 Å². The first kappa shape index (κ1) is 12.0. The lowest BCUT2D eigenvalue weighted by atomic mass is 10.0. The molecule has 94 valence electrons. The van der Waals surface area contributed by atoms with E-state index >= 15 is 0 Å². The standard InChI is InChI=1S/C13H19NO3/c1-15-10-4-5-11(16-2)12(17-3)9(10)8-13(14)6-7-13/h4-5H,6-8,14H2,1-3H3. The van der Waals surface area contributed by atoms with Gasteiger partial charge < -0.3 is 19.9 Å². The molecule has 1 aliphatic carbocycles. The van der Waals surface area contributed by atoms with Crippen molar-refractivity contribution in [3.05, 3.63) is 17.7 Å². The Morgan fingerprint density at radius 1 is 1.06 bits per heavy atom. The monoisotopic (exact) mass is 237 g/mol. The minimum absolute atomic E-state index is 0.0904. The summed E-state index contributed by atoms with van der Waals surface area (Å²) in [4.78, 5) is 0. The molecule has 1 fully saturated rings. The van der Waals surface area contributed by atoms with E-state index in [-0.39, 0.29) is 5.54 Å². The van der Waals surface area contributed by atoms with E-state index in [9.17, 15) is 0 Å². The molecule has 1 saturated carbocycles. The fourth-order valence-electron chi connectivity index (χ4n) is 2.02. The molecule has 2 N–H and O–H groups in total. The molecular weight excluding hydrogens is 218 g/mol. The van der Waals surface area contributed by atoms with Gasteiger partial charge in [-0.25, -0.2) is 0 Å². The van der Waals surface area contributed by atoms with Crippen molar-refractivity contribution in [2.24, 2.45) is 5.73 Å². The number of hydrogen-bond donors (Lipinski definition) is 1. The van der Waals surface area contributed by atoms with E-state index in [0.717, 1.165) is 36.3 Å². The Bertz CT molecular complexity index is 413. The van der Waals surface area contributed by atoms with Crippen LogP contribution >= 0.6 is 0 Å². The van der Waals surface area contributed by atoms with E-state index < -0.39 is 0 Å². The summed E-state index contributed by atoms with van der Waals surface area (Å²) < 4.78 is 16.1. The van der Waals surface area contributed by atoms with Crippen LogP contribution in [0.25, 0.3) is 0 Å². The second-order valence-corrected chi connectivity index (χ2v) is 4.52. The number of nitrogens with two attached hydrogens (primary N) is 1. The van der Waals surface area contributed by atoms with Gasteiger partial charge in [-0.15, -0.1) is 0 Å². The van der Waals surface area contributed by atoms with Crippen LogP contribution in [0.5, 0.6) is 17.2 Å². The third-order valence-electron chi connectivity index (χ3n) is 3.25. The normalized spacial score (nSPS) is 16.5. The molecule has 0 spiro atoms. The van der Waals surface area contributed by atoms with Gasteiger partial charge in [-0.05, 0) is 31.4 Å². The summed E-state index contributed by atoms with van der Waals surface area (Å²) in [6.45, 7) is 0. The van der Waals surface area contributed by atoms with Crippen LogP contribution in [-0.2, 0) is 6.42 Å². The zero-order chi connectivity index (χ0) is 12.5. The van der Waals surface area contributed by atoms with E-state index in [1.54, 1.807) is 21.3 Å². The summed E-state index contributed by atoms with van der Waals surface area (Å²) in [6.07, 6.45) is 2.86. The molecule has 0 bridgehead atoms. The van der Waals surface area contributed by atoms with Gasteiger partial charge in [0.15, 0.2) is 11.5 Å². The molecule has 0 amide bonds. The van der Waals surface area contributed by atoms with Crippen molar-refractivity contribution < 1.29 is 14.2 Å². The lowest BCUT2D eigenvalue weighted by Crippen LogP contribution is -2.25. The Balaban J connectivity index is 2.42. The van der Waals surface area contributed by atoms with Crippen LogP contribution < -0.4 is 19.9 Å². The second-order valence-electron chi connectivity index (χ2n) is 4.52. The molecule has 0 aromatic heterocycles. The molecule has 1 aromatic rings. The minimum Gasteiger partial charge on any atom is -0.496 e. The Morgan fingerprint density at radius 3 is 2.12 bits per heavy atom. The molecule has 4 nitrogen and oxygen atoms in total. The van der Waals surface area contributed by atoms with Crippen molar-refractivity contribution >= 4 is 0 Å². The van der Waals surface area contributed by atoms with Crippen molar-refractivity contribution in [2.75, 3.05) is 21.3 Å². The summed E-state index contributed by atoms with van der Waals surface area (Å²) in [6, 6.07) is 3.74. The second kappa shape index (κ2) is 4.45. The molecular formula is C13H19NO3. The van der Waals surface area contributed by atoms with Gasteiger partial charge in [0.1, 0.15) is 5.75 Å². The van der Waals surface area contributed by atoms with Gasteiger partial charge in [0.25, 0.3) is 0 Å². The first-order valence-electron chi connectivity index (χ1n) is 5.70. The summed E-state index contributed by atoms with van der Waals surface area (Å²) in [5, 5.41) is 0. The van der Waals surface area contributed by atoms with E-state index in [4.69, 9.17) is 19.9 Å². The molecule has 2 rings (SSSR count). The number of methoxy groups -OCH3 is 3. The molecule has 0 saturated heterocycles. The molecule has 17 heavy (non-hydrogen) atoms. The third kappa shape index (κ3) is 2.31. The number of benzene rings is 1. The largest absolute Gasteiger partial charge is 0.496 e. The lowest BCUT2D eigenvalue weighted by Gasteiger charge is -2.18. The summed E-state index contributed by atoms with van der Waals surface area (Å²) in [7, 11) is 4.92. The Labute approximate surface area is 102 Å². The van der Waals surface area contributed by atoms with Crippen molar-refractivity contribution in [3.8, 4) is 17.2 Å². The maximum absolute atomic E-state index is 6.17. The Kier molecular flexibility index (Phi) is 3.15. The molecule has 0 aliphatic heterocycles. The van der Waals surface area contributed by atoms with Gasteiger partial charge in [0.2, 0.25) is 0 Å². The average molecular weight is 237 g/mol. The van der Waals surface area contributed by atoms with Crippen LogP contribution in [0.4, 0.5) is 0 Å². The Morgan fingerprint density at radius 2 is 1.65 bits per heavy atom. The van der Waals surface area contributed by atoms with Crippen LogP contribution in [0.3, 0.4) is 0 Å². The molecule has 1 aromatic carbocycles. The number of hydrogen-bond acceptors (Lipinski definition) is 4. The minimum atomic E-state index is -0.0904. The fraction of sp³-hybridized carbons (Fsp3) is 0.538. The highest BCUT2D eigenvalue weighted by molar-refractivity contribution is 5.55. The highest BCUT2D eigenvalue weighted by atomic mass is 16.5. The maximum atomic E-state index is 6.17. The van der Waals surface area contributed by atoms with Gasteiger partial charge in [-0.2, -0.15) is 0 Å². The molecule has 0 unspecified atom stereocenters. The SMILES string of the molecule is COc1ccc(OC)c(OC)c1CC1(N)CC1. The number of ether oxygens (including phenoxy) is 3. The summed E-state index contributed by atoms with van der Waals surface area (Å²) in [5.41, 5.74) is 7.07. The number of rotatable bonds is 5. The molecule has 4 heteroatoms. The quantitative estimate of drug-likeness (QED) is 0.847. The molecule has 0 heterocycles. The lowest BCUT2D eigenvalue weighted by molar-refractivity contribution is 0.342. The van der Waals surface area contributed by atoms with Crippen molar-refractivity contribution in [2.45, 2.75) is 24.8 Å². The van der Waals surface area contributed by atoms with E-state index in [1.807, 2.05) is 12.1 Å². The van der Waals surface area contributed by atoms with Gasteiger partial charge in [-0.1, -0.05) is 0 Å². The zero-order valence-electron chi connectivity index (χ0n) is 10.6. The maximum Gasteiger partial charge on any atom is 0.167 e. The van der Waals surface area contributed by atoms with Crippen LogP contribution in [-0.4, -0.2) is 26.9 Å². The fourth-order valence-corrected chi connectivity index (χ4v) is 2.02. The third-order valence-corrected chi connectivity index (χ3v) is 3.25. The molecule has 0 atom stereocenters. The first-order valence-corrected chi connectivity index (χ1v) is 5.70. The topological polar surface area (TPSA) is 53.7 Å². The predicted molar refractivity (Wildman–Crippen MR) is 66.0 cm³/mol. The van der Waals surface area contributed by atoms with E-state index in [0.29, 0.717) is 5.75 Å². The van der Waals surface area contributed by atoms with Crippen LogP contribution in [0.15, 0.2) is 12.1 Å². The van der Waals surface area contributed by atoms with Gasteiger partial charge in [0.05, 0.1) is 21.3 Å². The molecule has 1 aliphatic rings. The summed E-state index contributed by atoms with van der Waals surface area (Å²) >= 11 is 0. The van der Waals surface area contributed by atoms with Gasteiger partial charge >= 0.3 is 0 Å². The van der Waals surface area contributed by atoms with Crippen LogP contribution in [0.2, 0.25) is 0 Å². The summed E-state index contributed by atoms with van der Waals surface area (Å²) in [5.74, 6) is 2.25. The van der Waals surface area contributed by atoms with Crippen molar-refractivity contribution in [3.63, 3.8) is 0 Å².